The largest absolute Gasteiger partial charge is 0.416 e. The van der Waals surface area contributed by atoms with Crippen molar-refractivity contribution < 1.29 is 13.2 Å². The first-order valence-corrected chi connectivity index (χ1v) is 6.70. The molecule has 2 N–H and O–H groups in total. The second-order valence-corrected chi connectivity index (χ2v) is 5.09. The molecule has 0 fully saturated rings. The Morgan fingerprint density at radius 2 is 2.14 bits per heavy atom. The van der Waals surface area contributed by atoms with Crippen LogP contribution in [0.3, 0.4) is 0 Å². The lowest BCUT2D eigenvalue weighted by Crippen LogP contribution is -2.38. The predicted octanol–water partition coefficient (Wildman–Crippen LogP) is 2.61. The van der Waals surface area contributed by atoms with E-state index in [4.69, 9.17) is 11.6 Å². The summed E-state index contributed by atoms with van der Waals surface area (Å²) in [6.45, 7) is 1.33. The molecule has 0 saturated carbocycles. The minimum atomic E-state index is -4.38. The van der Waals surface area contributed by atoms with Gasteiger partial charge in [0, 0.05) is 12.7 Å². The van der Waals surface area contributed by atoms with Gasteiger partial charge >= 0.3 is 6.18 Å². The lowest BCUT2D eigenvalue weighted by Gasteiger charge is -2.26. The van der Waals surface area contributed by atoms with Gasteiger partial charge in [-0.15, -0.1) is 0 Å². The van der Waals surface area contributed by atoms with Crippen molar-refractivity contribution in [2.24, 2.45) is 4.99 Å². The number of guanidine groups is 1. The monoisotopic (exact) mass is 316 g/mol. The van der Waals surface area contributed by atoms with Gasteiger partial charge in [-0.2, -0.15) is 13.2 Å². The molecule has 0 aromatic heterocycles. The van der Waals surface area contributed by atoms with Crippen molar-refractivity contribution in [2.45, 2.75) is 12.3 Å². The number of hydrogen-bond acceptors (Lipinski definition) is 4. The highest BCUT2D eigenvalue weighted by Crippen LogP contribution is 2.33. The van der Waals surface area contributed by atoms with E-state index < -0.39 is 17.9 Å². The van der Waals surface area contributed by atoms with Crippen molar-refractivity contribution >= 4 is 17.6 Å². The zero-order valence-corrected chi connectivity index (χ0v) is 11.5. The Morgan fingerprint density at radius 1 is 1.33 bits per heavy atom. The van der Waals surface area contributed by atoms with E-state index in [1.54, 1.807) is 17.2 Å². The lowest BCUT2D eigenvalue weighted by molar-refractivity contribution is -0.137. The molecule has 1 atom stereocenters. The van der Waals surface area contributed by atoms with Crippen LogP contribution in [0.2, 0.25) is 0 Å². The number of nitrogens with zero attached hydrogens (tertiary/aromatic N) is 2. The molecule has 112 valence electrons. The number of nitrogens with one attached hydrogen (secondary N) is 2. The Morgan fingerprint density at radius 3 is 2.81 bits per heavy atom. The molecule has 0 radical (unpaired) electrons. The molecule has 8 heteroatoms. The second kappa shape index (κ2) is 5.14. The molecule has 0 bridgehead atoms. The van der Waals surface area contributed by atoms with Crippen molar-refractivity contribution in [2.75, 3.05) is 13.1 Å². The fourth-order valence-electron chi connectivity index (χ4n) is 2.30. The summed E-state index contributed by atoms with van der Waals surface area (Å²) < 4.78 is 38.5. The van der Waals surface area contributed by atoms with E-state index in [1.807, 2.05) is 0 Å². The molecule has 2 aliphatic heterocycles. The van der Waals surface area contributed by atoms with Gasteiger partial charge in [-0.3, -0.25) is 9.89 Å². The molecule has 1 aromatic rings. The van der Waals surface area contributed by atoms with Crippen molar-refractivity contribution in [3.05, 3.63) is 46.7 Å². The first-order chi connectivity index (χ1) is 9.95. The highest BCUT2D eigenvalue weighted by Gasteiger charge is 2.33. The average molecular weight is 317 g/mol. The maximum atomic E-state index is 12.8. The summed E-state index contributed by atoms with van der Waals surface area (Å²) in [4.78, 5) is 5.96. The van der Waals surface area contributed by atoms with Crippen LogP contribution in [0.1, 0.15) is 17.3 Å². The third-order valence-corrected chi connectivity index (χ3v) is 3.44. The van der Waals surface area contributed by atoms with Crippen LogP contribution in [0.5, 0.6) is 0 Å². The van der Waals surface area contributed by atoms with Gasteiger partial charge in [0.25, 0.3) is 0 Å². The van der Waals surface area contributed by atoms with E-state index in [0.29, 0.717) is 29.8 Å². The van der Waals surface area contributed by atoms with E-state index in [2.05, 4.69) is 15.6 Å². The minimum absolute atomic E-state index is 0.355. The minimum Gasteiger partial charge on any atom is -0.354 e. The van der Waals surface area contributed by atoms with Crippen LogP contribution in [0, 0.1) is 0 Å². The number of benzene rings is 1. The van der Waals surface area contributed by atoms with Gasteiger partial charge in [-0.1, -0.05) is 23.7 Å². The van der Waals surface area contributed by atoms with Gasteiger partial charge < -0.3 is 10.6 Å². The van der Waals surface area contributed by atoms with Gasteiger partial charge in [0.1, 0.15) is 11.3 Å². The van der Waals surface area contributed by atoms with Gasteiger partial charge in [-0.05, 0) is 17.7 Å². The van der Waals surface area contributed by atoms with Gasteiger partial charge in [0.05, 0.1) is 12.1 Å². The van der Waals surface area contributed by atoms with Crippen LogP contribution in [-0.2, 0) is 6.18 Å². The Bertz CT molecular complexity index is 612. The molecule has 2 aliphatic rings. The van der Waals surface area contributed by atoms with Crippen LogP contribution in [0.15, 0.2) is 40.6 Å². The molecule has 1 aromatic carbocycles. The summed E-state index contributed by atoms with van der Waals surface area (Å²) in [7, 11) is 0. The second-order valence-electron chi connectivity index (χ2n) is 4.69. The summed E-state index contributed by atoms with van der Waals surface area (Å²) in [5.41, 5.74) is -0.223. The average Bonchev–Trinajstić information content (AvgIpc) is 3.06. The number of hydrogen-bond donors (Lipinski definition) is 2. The molecule has 0 amide bonds. The van der Waals surface area contributed by atoms with E-state index in [1.165, 1.54) is 6.07 Å². The molecule has 2 heterocycles. The fraction of sp³-hybridized carbons (Fsp3) is 0.308. The topological polar surface area (TPSA) is 39.7 Å². The molecular weight excluding hydrogens is 305 g/mol. The van der Waals surface area contributed by atoms with Crippen LogP contribution >= 0.6 is 11.6 Å². The quantitative estimate of drug-likeness (QED) is 0.782. The maximum Gasteiger partial charge on any atom is 0.416 e. The number of rotatable bonds is 1. The standard InChI is InChI=1S/C13H12ClF3N4/c14-10-7-21(12-18-4-5-19-12)11(20-10)8-2-1-3-9(6-8)13(15,16)17/h1-3,6-7,11,20H,4-5H2,(H,18,19). The summed E-state index contributed by atoms with van der Waals surface area (Å²) in [6.07, 6.45) is -3.27. The van der Waals surface area contributed by atoms with Crippen LogP contribution in [-0.4, -0.2) is 23.9 Å². The zero-order chi connectivity index (χ0) is 15.0. The molecular formula is C13H12ClF3N4. The molecule has 0 aliphatic carbocycles. The Hall–Kier alpha value is -1.89. The fourth-order valence-corrected chi connectivity index (χ4v) is 2.51. The SMILES string of the molecule is FC(F)(F)c1cccc(C2NC(Cl)=CN2C2=NCCN2)c1. The molecule has 21 heavy (non-hydrogen) atoms. The predicted molar refractivity (Wildman–Crippen MR) is 73.4 cm³/mol. The van der Waals surface area contributed by atoms with E-state index >= 15 is 0 Å². The van der Waals surface area contributed by atoms with Crippen molar-refractivity contribution in [1.29, 1.82) is 0 Å². The van der Waals surface area contributed by atoms with Crippen molar-refractivity contribution in [1.82, 2.24) is 15.5 Å². The Labute approximate surface area is 124 Å². The first-order valence-electron chi connectivity index (χ1n) is 6.33. The smallest absolute Gasteiger partial charge is 0.354 e. The van der Waals surface area contributed by atoms with E-state index in [0.717, 1.165) is 12.1 Å². The number of alkyl halides is 3. The van der Waals surface area contributed by atoms with Crippen molar-refractivity contribution in [3.8, 4) is 0 Å². The van der Waals surface area contributed by atoms with E-state index in [9.17, 15) is 13.2 Å². The third-order valence-electron chi connectivity index (χ3n) is 3.24. The summed E-state index contributed by atoms with van der Waals surface area (Å²) in [6, 6.07) is 5.17. The highest BCUT2D eigenvalue weighted by molar-refractivity contribution is 6.29. The normalized spacial score (nSPS) is 21.7. The molecule has 1 unspecified atom stereocenters. The van der Waals surface area contributed by atoms with Crippen LogP contribution < -0.4 is 10.6 Å². The van der Waals surface area contributed by atoms with Crippen molar-refractivity contribution in [3.63, 3.8) is 0 Å². The molecule has 0 saturated heterocycles. The number of aliphatic imine (C=N–C) groups is 1. The summed E-state index contributed by atoms with van der Waals surface area (Å²) >= 11 is 5.96. The Kier molecular flexibility index (Phi) is 3.44. The molecule has 0 spiro atoms. The van der Waals surface area contributed by atoms with Crippen LogP contribution in [0.4, 0.5) is 13.2 Å². The zero-order valence-electron chi connectivity index (χ0n) is 10.8. The Balaban J connectivity index is 1.92. The van der Waals surface area contributed by atoms with Gasteiger partial charge in [-0.25, -0.2) is 0 Å². The molecule has 3 rings (SSSR count). The summed E-state index contributed by atoms with van der Waals surface area (Å²) in [5, 5.41) is 6.37. The van der Waals surface area contributed by atoms with Gasteiger partial charge in [0.15, 0.2) is 5.96 Å². The first kappa shape index (κ1) is 14.1. The van der Waals surface area contributed by atoms with E-state index in [-0.39, 0.29) is 0 Å². The molecule has 4 nitrogen and oxygen atoms in total. The lowest BCUT2D eigenvalue weighted by atomic mass is 10.1. The number of halogens is 4. The van der Waals surface area contributed by atoms with Gasteiger partial charge in [0.2, 0.25) is 0 Å². The maximum absolute atomic E-state index is 12.8. The summed E-state index contributed by atoms with van der Waals surface area (Å²) in [5.74, 6) is 0.598. The third kappa shape index (κ3) is 2.78. The van der Waals surface area contributed by atoms with Crippen LogP contribution in [0.25, 0.3) is 0 Å². The highest BCUT2D eigenvalue weighted by atomic mass is 35.5.